The maximum absolute atomic E-state index is 10.5. The molecule has 7 aromatic rings. The number of oxime groups is 2. The number of hydrogen-bond acceptors (Lipinski definition) is 12. The molecule has 2 heterocycles. The van der Waals surface area contributed by atoms with Gasteiger partial charge in [-0.15, -0.1) is 11.3 Å². The maximum atomic E-state index is 10.5. The van der Waals surface area contributed by atoms with Crippen LogP contribution in [0.3, 0.4) is 0 Å². The van der Waals surface area contributed by atoms with E-state index < -0.39 is 0 Å². The highest BCUT2D eigenvalue weighted by molar-refractivity contribution is 7.21. The fourth-order valence-corrected chi connectivity index (χ4v) is 7.67. The number of nitrogens with one attached hydrogen (secondary N) is 2. The van der Waals surface area contributed by atoms with Crippen molar-refractivity contribution in [2.24, 2.45) is 10.3 Å². The molecule has 5 aromatic carbocycles. The minimum Gasteiger partial charge on any atom is -0.410 e. The molecular weight excluding hydrogens is 685 g/mol. The lowest BCUT2D eigenvalue weighted by molar-refractivity contribution is 0.315. The van der Waals surface area contributed by atoms with Crippen LogP contribution in [-0.2, 0) is 0 Å². The second-order valence-corrected chi connectivity index (χ2v) is 13.3. The van der Waals surface area contributed by atoms with E-state index in [2.05, 4.69) is 26.7 Å². The SMILES string of the molecule is N=C1C(N(C2=CC=C(c3ccc4ccccc4c3)C(=N)/C2=N\O)c2ccc(-c3ccc(-c4nc5ccccc5s4)cc3)c3nonc23)=CC=C/C1=N/O. The molecule has 11 nitrogen and oxygen atoms in total. The zero-order chi connectivity index (χ0) is 36.1. The molecule has 0 fully saturated rings. The van der Waals surface area contributed by atoms with E-state index in [0.29, 0.717) is 22.3 Å². The molecule has 4 N–H and O–H groups in total. The number of anilines is 1. The first-order valence-corrected chi connectivity index (χ1v) is 17.3. The summed E-state index contributed by atoms with van der Waals surface area (Å²) in [4.78, 5) is 6.43. The first kappa shape index (κ1) is 31.7. The van der Waals surface area contributed by atoms with Gasteiger partial charge >= 0.3 is 0 Å². The van der Waals surface area contributed by atoms with Crippen molar-refractivity contribution in [1.82, 2.24) is 15.3 Å². The summed E-state index contributed by atoms with van der Waals surface area (Å²) < 4.78 is 6.45. The van der Waals surface area contributed by atoms with Crippen LogP contribution in [0.25, 0.3) is 59.3 Å². The van der Waals surface area contributed by atoms with Crippen molar-refractivity contribution < 1.29 is 15.0 Å². The first-order chi connectivity index (χ1) is 26.0. The molecule has 0 bridgehead atoms. The van der Waals surface area contributed by atoms with E-state index in [1.54, 1.807) is 40.5 Å². The number of allylic oxidation sites excluding steroid dienone is 8. The lowest BCUT2D eigenvalue weighted by Gasteiger charge is -2.32. The van der Waals surface area contributed by atoms with Gasteiger partial charge in [-0.05, 0) is 86.8 Å². The van der Waals surface area contributed by atoms with Gasteiger partial charge in [0.25, 0.3) is 0 Å². The Morgan fingerprint density at radius 1 is 0.679 bits per heavy atom. The molecule has 0 unspecified atom stereocenters. The van der Waals surface area contributed by atoms with Crippen LogP contribution < -0.4 is 4.90 Å². The van der Waals surface area contributed by atoms with Crippen LogP contribution in [0.4, 0.5) is 5.69 Å². The van der Waals surface area contributed by atoms with E-state index in [1.807, 2.05) is 97.1 Å². The Kier molecular flexibility index (Phi) is 7.64. The monoisotopic (exact) mass is 710 g/mol. The minimum atomic E-state index is -0.108. The lowest BCUT2D eigenvalue weighted by Crippen LogP contribution is -2.37. The summed E-state index contributed by atoms with van der Waals surface area (Å²) in [7, 11) is 0. The molecule has 53 heavy (non-hydrogen) atoms. The Labute approximate surface area is 305 Å². The molecule has 12 heteroatoms. The predicted molar refractivity (Wildman–Crippen MR) is 209 cm³/mol. The Bertz CT molecular complexity index is 2820. The average Bonchev–Trinajstić information content (AvgIpc) is 3.87. The van der Waals surface area contributed by atoms with Gasteiger partial charge in [-0.25, -0.2) is 9.61 Å². The summed E-state index contributed by atoms with van der Waals surface area (Å²) in [6.45, 7) is 0. The highest BCUT2D eigenvalue weighted by atomic mass is 32.1. The van der Waals surface area contributed by atoms with Crippen molar-refractivity contribution >= 4 is 77.5 Å². The molecule has 2 aliphatic rings. The van der Waals surface area contributed by atoms with E-state index >= 15 is 0 Å². The molecule has 2 aliphatic carbocycles. The number of nitrogens with zero attached hydrogens (tertiary/aromatic N) is 6. The van der Waals surface area contributed by atoms with Crippen LogP contribution in [0.2, 0.25) is 0 Å². The molecule has 0 spiro atoms. The molecule has 0 aliphatic heterocycles. The topological polar surface area (TPSA) is 168 Å². The van der Waals surface area contributed by atoms with E-state index in [9.17, 15) is 15.8 Å². The lowest BCUT2D eigenvalue weighted by atomic mass is 9.89. The van der Waals surface area contributed by atoms with Crippen molar-refractivity contribution in [3.8, 4) is 21.7 Å². The summed E-state index contributed by atoms with van der Waals surface area (Å²) in [6.07, 6.45) is 8.35. The number of fused-ring (bicyclic) bond motifs is 3. The van der Waals surface area contributed by atoms with Gasteiger partial charge in [0.1, 0.15) is 21.9 Å². The minimum absolute atomic E-state index is 0.0215. The van der Waals surface area contributed by atoms with Gasteiger partial charge < -0.3 is 15.3 Å². The zero-order valence-corrected chi connectivity index (χ0v) is 28.4. The largest absolute Gasteiger partial charge is 0.410 e. The standard InChI is InChI=1S/C41H26N8O3S/c42-36-28(27-17-12-23-6-1-2-7-26(23)22-27)18-20-33(39(36)46-51)49(32-10-5-9-31(45-50)37(32)43)34-21-19-29(38-40(34)48-52-47-38)24-13-15-25(16-14-24)41-44-30-8-3-4-11-35(30)53-41/h1-22,42-43,50-51H/b42-36?,43-37?,45-31-,46-39-. The van der Waals surface area contributed by atoms with Gasteiger partial charge in [-0.3, -0.25) is 10.8 Å². The second-order valence-electron chi connectivity index (χ2n) is 12.3. The number of thiazole rings is 1. The van der Waals surface area contributed by atoms with Crippen molar-refractivity contribution in [2.75, 3.05) is 4.90 Å². The third-order valence-corrected chi connectivity index (χ3v) is 10.4. The fraction of sp³-hybridized carbons (Fsp3) is 0. The number of rotatable bonds is 6. The summed E-state index contributed by atoms with van der Waals surface area (Å²) in [5.41, 5.74) is 6.55. The summed E-state index contributed by atoms with van der Waals surface area (Å²) in [5, 5.41) is 57.0. The highest BCUT2D eigenvalue weighted by Gasteiger charge is 2.33. The molecule has 0 atom stereocenters. The number of benzene rings is 5. The van der Waals surface area contributed by atoms with Crippen molar-refractivity contribution in [2.45, 2.75) is 0 Å². The van der Waals surface area contributed by atoms with Crippen LogP contribution in [0.1, 0.15) is 5.56 Å². The maximum Gasteiger partial charge on any atom is 0.159 e. The van der Waals surface area contributed by atoms with Gasteiger partial charge in [0.05, 0.1) is 33.0 Å². The van der Waals surface area contributed by atoms with Crippen molar-refractivity contribution in [1.29, 1.82) is 10.8 Å². The van der Waals surface area contributed by atoms with E-state index in [1.165, 1.54) is 6.08 Å². The molecular formula is C41H26N8O3S. The normalized spacial score (nSPS) is 16.1. The molecule has 254 valence electrons. The first-order valence-electron chi connectivity index (χ1n) is 16.5. The van der Waals surface area contributed by atoms with Crippen molar-refractivity contribution in [3.05, 3.63) is 150 Å². The second kappa shape index (κ2) is 12.8. The third kappa shape index (κ3) is 5.32. The van der Waals surface area contributed by atoms with Gasteiger partial charge in [0.15, 0.2) is 11.2 Å². The molecule has 0 amide bonds. The molecule has 0 radical (unpaired) electrons. The van der Waals surface area contributed by atoms with Crippen LogP contribution in [0, 0.1) is 10.8 Å². The molecule has 9 rings (SSSR count). The van der Waals surface area contributed by atoms with E-state index in [-0.39, 0.29) is 34.2 Å². The van der Waals surface area contributed by atoms with Gasteiger partial charge in [-0.1, -0.05) is 89.2 Å². The molecule has 0 saturated carbocycles. The third-order valence-electron chi connectivity index (χ3n) is 9.30. The van der Waals surface area contributed by atoms with Crippen LogP contribution in [0.5, 0.6) is 0 Å². The van der Waals surface area contributed by atoms with Gasteiger partial charge in [-0.2, -0.15) is 0 Å². The Morgan fingerprint density at radius 2 is 1.43 bits per heavy atom. The van der Waals surface area contributed by atoms with E-state index in [4.69, 9.17) is 15.0 Å². The zero-order valence-electron chi connectivity index (χ0n) is 27.6. The summed E-state index contributed by atoms with van der Waals surface area (Å²) >= 11 is 1.63. The van der Waals surface area contributed by atoms with Crippen LogP contribution >= 0.6 is 11.3 Å². The smallest absolute Gasteiger partial charge is 0.159 e. The number of aromatic nitrogens is 3. The number of para-hydroxylation sites is 1. The Hall–Kier alpha value is -7.31. The summed E-state index contributed by atoms with van der Waals surface area (Å²) in [6, 6.07) is 33.6. The Balaban J connectivity index is 1.16. The van der Waals surface area contributed by atoms with Crippen LogP contribution in [0.15, 0.2) is 160 Å². The van der Waals surface area contributed by atoms with Gasteiger partial charge in [0, 0.05) is 16.7 Å². The Morgan fingerprint density at radius 3 is 2.25 bits per heavy atom. The van der Waals surface area contributed by atoms with Gasteiger partial charge in [0.2, 0.25) is 0 Å². The number of hydrogen-bond donors (Lipinski definition) is 4. The summed E-state index contributed by atoms with van der Waals surface area (Å²) in [5.74, 6) is 0. The predicted octanol–water partition coefficient (Wildman–Crippen LogP) is 9.26. The molecule has 2 aromatic heterocycles. The van der Waals surface area contributed by atoms with E-state index in [0.717, 1.165) is 48.3 Å². The van der Waals surface area contributed by atoms with Crippen molar-refractivity contribution in [3.63, 3.8) is 0 Å². The molecule has 0 saturated heterocycles. The average molecular weight is 711 g/mol. The van der Waals surface area contributed by atoms with Crippen LogP contribution in [-0.4, -0.2) is 48.6 Å². The fourth-order valence-electron chi connectivity index (χ4n) is 6.70. The quantitative estimate of drug-likeness (QED) is 0.0758. The highest BCUT2D eigenvalue weighted by Crippen LogP contribution is 2.40.